The van der Waals surface area contributed by atoms with Gasteiger partial charge in [0.25, 0.3) is 0 Å². The van der Waals surface area contributed by atoms with Gasteiger partial charge < -0.3 is 10.1 Å². The predicted octanol–water partition coefficient (Wildman–Crippen LogP) is 4.42. The van der Waals surface area contributed by atoms with Gasteiger partial charge >= 0.3 is 6.18 Å². The standard InChI is InChI=1S/C17H20F3N3OS/c1-24-13-6-4-12(5-7-13)14(23-8-2-3-9-23)10-21-16-22-11-15(25-16)17(18,19)20/h4-7,11,14H,2-3,8-10H2,1H3,(H,21,22). The molecular weight excluding hydrogens is 351 g/mol. The number of nitrogens with one attached hydrogen (secondary N) is 1. The third-order valence-corrected chi connectivity index (χ3v) is 5.31. The molecule has 0 bridgehead atoms. The summed E-state index contributed by atoms with van der Waals surface area (Å²) in [5.41, 5.74) is 1.11. The molecule has 1 aromatic carbocycles. The minimum Gasteiger partial charge on any atom is -0.497 e. The Labute approximate surface area is 148 Å². The summed E-state index contributed by atoms with van der Waals surface area (Å²) in [6.07, 6.45) is -1.18. The number of thiazole rings is 1. The van der Waals surface area contributed by atoms with Gasteiger partial charge in [-0.3, -0.25) is 4.90 Å². The molecule has 4 nitrogen and oxygen atoms in total. The maximum absolute atomic E-state index is 12.7. The van der Waals surface area contributed by atoms with E-state index in [0.717, 1.165) is 43.4 Å². The molecule has 2 aromatic rings. The first kappa shape index (κ1) is 18.0. The lowest BCUT2D eigenvalue weighted by atomic mass is 10.1. The molecule has 1 saturated heterocycles. The second-order valence-corrected chi connectivity index (χ2v) is 6.97. The number of nitrogens with zero attached hydrogens (tertiary/aromatic N) is 2. The number of halogens is 3. The molecule has 0 amide bonds. The number of ether oxygens (including phenoxy) is 1. The van der Waals surface area contributed by atoms with Crippen molar-refractivity contribution in [3.63, 3.8) is 0 Å². The first-order valence-electron chi connectivity index (χ1n) is 8.12. The molecule has 1 fully saturated rings. The molecule has 1 atom stereocenters. The van der Waals surface area contributed by atoms with Crippen LogP contribution in [0.2, 0.25) is 0 Å². The maximum atomic E-state index is 12.7. The molecular formula is C17H20F3N3OS. The van der Waals surface area contributed by atoms with E-state index in [9.17, 15) is 13.2 Å². The van der Waals surface area contributed by atoms with Crippen molar-refractivity contribution in [2.45, 2.75) is 25.1 Å². The molecule has 136 valence electrons. The molecule has 8 heteroatoms. The molecule has 0 radical (unpaired) electrons. The van der Waals surface area contributed by atoms with Crippen molar-refractivity contribution < 1.29 is 17.9 Å². The zero-order chi connectivity index (χ0) is 17.9. The highest BCUT2D eigenvalue weighted by Crippen LogP contribution is 2.35. The van der Waals surface area contributed by atoms with Crippen molar-refractivity contribution in [2.75, 3.05) is 32.1 Å². The van der Waals surface area contributed by atoms with Crippen LogP contribution < -0.4 is 10.1 Å². The molecule has 2 heterocycles. The number of hydrogen-bond acceptors (Lipinski definition) is 5. The van der Waals surface area contributed by atoms with E-state index in [-0.39, 0.29) is 6.04 Å². The zero-order valence-corrected chi connectivity index (χ0v) is 14.7. The van der Waals surface area contributed by atoms with Gasteiger partial charge in [-0.15, -0.1) is 0 Å². The first-order chi connectivity index (χ1) is 12.0. The van der Waals surface area contributed by atoms with Crippen LogP contribution in [-0.2, 0) is 6.18 Å². The molecule has 0 aliphatic carbocycles. The summed E-state index contributed by atoms with van der Waals surface area (Å²) in [7, 11) is 1.62. The van der Waals surface area contributed by atoms with Crippen molar-refractivity contribution in [1.29, 1.82) is 0 Å². The minimum absolute atomic E-state index is 0.0895. The Morgan fingerprint density at radius 3 is 2.48 bits per heavy atom. The molecule has 1 N–H and O–H groups in total. The van der Waals surface area contributed by atoms with Crippen LogP contribution in [0.3, 0.4) is 0 Å². The molecule has 0 spiro atoms. The molecule has 0 saturated carbocycles. The Balaban J connectivity index is 1.72. The Morgan fingerprint density at radius 1 is 1.24 bits per heavy atom. The number of rotatable bonds is 6. The fraction of sp³-hybridized carbons (Fsp3) is 0.471. The molecule has 25 heavy (non-hydrogen) atoms. The lowest BCUT2D eigenvalue weighted by Gasteiger charge is -2.28. The van der Waals surface area contributed by atoms with Crippen LogP contribution in [-0.4, -0.2) is 36.6 Å². The third kappa shape index (κ3) is 4.43. The van der Waals surface area contributed by atoms with E-state index in [0.29, 0.717) is 23.0 Å². The van der Waals surface area contributed by atoms with Crippen LogP contribution in [0.4, 0.5) is 18.3 Å². The SMILES string of the molecule is COc1ccc(C(CNc2ncc(C(F)(F)F)s2)N2CCCC2)cc1. The number of benzene rings is 1. The second-order valence-electron chi connectivity index (χ2n) is 5.94. The summed E-state index contributed by atoms with van der Waals surface area (Å²) in [5.74, 6) is 0.784. The highest BCUT2D eigenvalue weighted by Gasteiger charge is 2.33. The summed E-state index contributed by atoms with van der Waals surface area (Å²) in [6.45, 7) is 2.49. The lowest BCUT2D eigenvalue weighted by Crippen LogP contribution is -2.31. The van der Waals surface area contributed by atoms with Gasteiger partial charge in [-0.05, 0) is 43.6 Å². The Morgan fingerprint density at radius 2 is 1.92 bits per heavy atom. The van der Waals surface area contributed by atoms with E-state index in [1.165, 1.54) is 0 Å². The summed E-state index contributed by atoms with van der Waals surface area (Å²) in [6, 6.07) is 7.91. The summed E-state index contributed by atoms with van der Waals surface area (Å²) >= 11 is 0.640. The third-order valence-electron chi connectivity index (χ3n) is 4.31. The van der Waals surface area contributed by atoms with Crippen LogP contribution in [0.5, 0.6) is 5.75 Å². The van der Waals surface area contributed by atoms with Gasteiger partial charge in [0.2, 0.25) is 0 Å². The van der Waals surface area contributed by atoms with Crippen LogP contribution in [0, 0.1) is 0 Å². The number of aromatic nitrogens is 1. The Hall–Kier alpha value is -1.80. The molecule has 1 aliphatic heterocycles. The highest BCUT2D eigenvalue weighted by molar-refractivity contribution is 7.15. The van der Waals surface area contributed by atoms with Gasteiger partial charge in [-0.2, -0.15) is 13.2 Å². The maximum Gasteiger partial charge on any atom is 0.427 e. The van der Waals surface area contributed by atoms with Gasteiger partial charge in [0.05, 0.1) is 19.3 Å². The van der Waals surface area contributed by atoms with E-state index in [1.807, 2.05) is 24.3 Å². The normalized spacial score (nSPS) is 16.8. The van der Waals surface area contributed by atoms with Crippen molar-refractivity contribution in [1.82, 2.24) is 9.88 Å². The largest absolute Gasteiger partial charge is 0.497 e. The first-order valence-corrected chi connectivity index (χ1v) is 8.94. The number of hydrogen-bond donors (Lipinski definition) is 1. The van der Waals surface area contributed by atoms with Gasteiger partial charge in [0.1, 0.15) is 10.6 Å². The summed E-state index contributed by atoms with van der Waals surface area (Å²) in [4.78, 5) is 5.52. The number of likely N-dealkylation sites (tertiary alicyclic amines) is 1. The van der Waals surface area contributed by atoms with Gasteiger partial charge in [-0.1, -0.05) is 23.5 Å². The van der Waals surface area contributed by atoms with E-state index < -0.39 is 11.1 Å². The van der Waals surface area contributed by atoms with Gasteiger partial charge in [0.15, 0.2) is 5.13 Å². The average molecular weight is 371 g/mol. The van der Waals surface area contributed by atoms with Crippen molar-refractivity contribution in [3.8, 4) is 5.75 Å². The minimum atomic E-state index is -4.35. The van der Waals surface area contributed by atoms with Crippen LogP contribution >= 0.6 is 11.3 Å². The lowest BCUT2D eigenvalue weighted by molar-refractivity contribution is -0.134. The Kier molecular flexibility index (Phi) is 5.48. The van der Waals surface area contributed by atoms with E-state index >= 15 is 0 Å². The fourth-order valence-electron chi connectivity index (χ4n) is 3.01. The van der Waals surface area contributed by atoms with Crippen molar-refractivity contribution in [3.05, 3.63) is 40.9 Å². The molecule has 1 aromatic heterocycles. The van der Waals surface area contributed by atoms with E-state index in [4.69, 9.17) is 4.74 Å². The Bertz CT molecular complexity index is 681. The molecule has 1 unspecified atom stereocenters. The molecule has 3 rings (SSSR count). The monoisotopic (exact) mass is 371 g/mol. The van der Waals surface area contributed by atoms with Crippen molar-refractivity contribution >= 4 is 16.5 Å². The predicted molar refractivity (Wildman–Crippen MR) is 92.1 cm³/mol. The zero-order valence-electron chi connectivity index (χ0n) is 13.8. The van der Waals surface area contributed by atoms with Crippen LogP contribution in [0.1, 0.15) is 29.3 Å². The quantitative estimate of drug-likeness (QED) is 0.816. The fourth-order valence-corrected chi connectivity index (χ4v) is 3.70. The van der Waals surface area contributed by atoms with Crippen LogP contribution in [0.15, 0.2) is 30.5 Å². The number of alkyl halides is 3. The smallest absolute Gasteiger partial charge is 0.427 e. The molecule has 1 aliphatic rings. The number of anilines is 1. The van der Waals surface area contributed by atoms with E-state index in [2.05, 4.69) is 15.2 Å². The van der Waals surface area contributed by atoms with Crippen molar-refractivity contribution in [2.24, 2.45) is 0 Å². The second kappa shape index (κ2) is 7.61. The topological polar surface area (TPSA) is 37.4 Å². The average Bonchev–Trinajstić information content (AvgIpc) is 3.27. The van der Waals surface area contributed by atoms with Gasteiger partial charge in [-0.25, -0.2) is 4.98 Å². The van der Waals surface area contributed by atoms with Gasteiger partial charge in [0, 0.05) is 6.54 Å². The highest BCUT2D eigenvalue weighted by atomic mass is 32.1. The summed E-state index contributed by atoms with van der Waals surface area (Å²) in [5, 5.41) is 3.37. The summed E-state index contributed by atoms with van der Waals surface area (Å²) < 4.78 is 43.3. The van der Waals surface area contributed by atoms with E-state index in [1.54, 1.807) is 7.11 Å². The number of methoxy groups -OCH3 is 1. The van der Waals surface area contributed by atoms with Crippen LogP contribution in [0.25, 0.3) is 0 Å².